The molecule has 11 heavy (non-hydrogen) atoms. The van der Waals surface area contributed by atoms with Crippen LogP contribution in [0.1, 0.15) is 17.7 Å². The van der Waals surface area contributed by atoms with Crippen molar-refractivity contribution in [2.24, 2.45) is 5.73 Å². The van der Waals surface area contributed by atoms with E-state index in [-0.39, 0.29) is 0 Å². The summed E-state index contributed by atoms with van der Waals surface area (Å²) in [5, 5.41) is 0. The highest BCUT2D eigenvalue weighted by Gasteiger charge is 2.08. The fourth-order valence-corrected chi connectivity index (χ4v) is 1.37. The van der Waals surface area contributed by atoms with Crippen molar-refractivity contribution in [3.8, 4) is 0 Å². The minimum Gasteiger partial charge on any atom is -0.398 e. The van der Waals surface area contributed by atoms with Crippen molar-refractivity contribution in [3.63, 3.8) is 0 Å². The van der Waals surface area contributed by atoms with Gasteiger partial charge >= 0.3 is 0 Å². The van der Waals surface area contributed by atoms with Gasteiger partial charge in [0.25, 0.3) is 0 Å². The molecule has 0 spiro atoms. The third kappa shape index (κ3) is 1.00. The molecule has 2 N–H and O–H groups in total. The number of allylic oxidation sites excluding steroid dienone is 1. The summed E-state index contributed by atoms with van der Waals surface area (Å²) in [7, 11) is 0. The zero-order valence-corrected chi connectivity index (χ0v) is 6.25. The minimum absolute atomic E-state index is 0.874. The lowest BCUT2D eigenvalue weighted by atomic mass is 10.0. The van der Waals surface area contributed by atoms with E-state index in [0.29, 0.717) is 0 Å². The second kappa shape index (κ2) is 2.38. The predicted octanol–water partition coefficient (Wildman–Crippen LogP) is 1.33. The summed E-state index contributed by atoms with van der Waals surface area (Å²) < 4.78 is 0. The molecule has 0 amide bonds. The van der Waals surface area contributed by atoms with Gasteiger partial charge in [0.2, 0.25) is 0 Å². The van der Waals surface area contributed by atoms with Gasteiger partial charge in [0.05, 0.1) is 0 Å². The predicted molar refractivity (Wildman–Crippen MR) is 44.7 cm³/mol. The quantitative estimate of drug-likeness (QED) is 0.599. The summed E-state index contributed by atoms with van der Waals surface area (Å²) in [4.78, 5) is 4.25. The van der Waals surface area contributed by atoms with Crippen molar-refractivity contribution in [1.82, 2.24) is 4.98 Å². The number of nitrogens with zero attached hydrogens (tertiary/aromatic N) is 1. The van der Waals surface area contributed by atoms with Crippen LogP contribution in [0.2, 0.25) is 0 Å². The molecule has 0 fully saturated rings. The van der Waals surface area contributed by atoms with Gasteiger partial charge in [0.15, 0.2) is 0 Å². The van der Waals surface area contributed by atoms with E-state index in [1.807, 2.05) is 18.3 Å². The second-order valence-corrected chi connectivity index (χ2v) is 2.70. The molecule has 0 radical (unpaired) electrons. The van der Waals surface area contributed by atoms with E-state index >= 15 is 0 Å². The van der Waals surface area contributed by atoms with Gasteiger partial charge in [-0.2, -0.15) is 0 Å². The maximum Gasteiger partial charge on any atom is 0.0499 e. The number of hydrogen-bond acceptors (Lipinski definition) is 2. The van der Waals surface area contributed by atoms with Gasteiger partial charge in [0.1, 0.15) is 0 Å². The van der Waals surface area contributed by atoms with E-state index in [1.54, 1.807) is 0 Å². The number of aryl methyl sites for hydroxylation is 1. The molecule has 0 atom stereocenters. The maximum atomic E-state index is 5.77. The van der Waals surface area contributed by atoms with Crippen LogP contribution in [0.25, 0.3) is 5.70 Å². The molecular formula is C9H10N2. The summed E-state index contributed by atoms with van der Waals surface area (Å²) >= 11 is 0. The summed E-state index contributed by atoms with van der Waals surface area (Å²) in [6.07, 6.45) is 5.92. The van der Waals surface area contributed by atoms with Crippen LogP contribution in [0.15, 0.2) is 24.4 Å². The van der Waals surface area contributed by atoms with Gasteiger partial charge in [-0.1, -0.05) is 6.08 Å². The van der Waals surface area contributed by atoms with Crippen molar-refractivity contribution in [3.05, 3.63) is 35.7 Å². The highest BCUT2D eigenvalue weighted by Crippen LogP contribution is 2.19. The number of pyridine rings is 1. The van der Waals surface area contributed by atoms with Crippen LogP contribution >= 0.6 is 0 Å². The molecule has 1 aliphatic rings. The topological polar surface area (TPSA) is 38.9 Å². The lowest BCUT2D eigenvalue weighted by molar-refractivity contribution is 0.916. The van der Waals surface area contributed by atoms with Gasteiger partial charge in [0, 0.05) is 23.2 Å². The number of nitrogens with two attached hydrogens (primary N) is 1. The van der Waals surface area contributed by atoms with Crippen molar-refractivity contribution in [2.45, 2.75) is 12.8 Å². The normalized spacial score (nSPS) is 15.5. The Bertz CT molecular complexity index is 302. The van der Waals surface area contributed by atoms with Crippen LogP contribution < -0.4 is 5.73 Å². The zero-order valence-electron chi connectivity index (χ0n) is 6.25. The first kappa shape index (κ1) is 6.40. The van der Waals surface area contributed by atoms with Crippen LogP contribution in [0, 0.1) is 0 Å². The van der Waals surface area contributed by atoms with E-state index in [9.17, 15) is 0 Å². The average Bonchev–Trinajstić information content (AvgIpc) is 2.06. The van der Waals surface area contributed by atoms with Gasteiger partial charge in [-0.3, -0.25) is 4.98 Å². The van der Waals surface area contributed by atoms with E-state index in [4.69, 9.17) is 5.73 Å². The molecule has 0 saturated carbocycles. The summed E-state index contributed by atoms with van der Waals surface area (Å²) in [6.45, 7) is 0. The molecule has 0 aliphatic heterocycles. The third-order valence-electron chi connectivity index (χ3n) is 1.95. The lowest BCUT2D eigenvalue weighted by Crippen LogP contribution is -2.07. The highest BCUT2D eigenvalue weighted by atomic mass is 14.7. The monoisotopic (exact) mass is 146 g/mol. The number of rotatable bonds is 0. The van der Waals surface area contributed by atoms with Crippen molar-refractivity contribution >= 4 is 5.70 Å². The molecule has 0 bridgehead atoms. The van der Waals surface area contributed by atoms with Crippen LogP contribution in [0.5, 0.6) is 0 Å². The Balaban J connectivity index is 2.56. The van der Waals surface area contributed by atoms with E-state index < -0.39 is 0 Å². The fourth-order valence-electron chi connectivity index (χ4n) is 1.37. The van der Waals surface area contributed by atoms with Gasteiger partial charge in [-0.05, 0) is 25.0 Å². The molecule has 2 nitrogen and oxygen atoms in total. The largest absolute Gasteiger partial charge is 0.398 e. The molecule has 1 aromatic heterocycles. The maximum absolute atomic E-state index is 5.77. The Hall–Kier alpha value is -1.31. The molecule has 2 rings (SSSR count). The first-order valence-electron chi connectivity index (χ1n) is 3.78. The van der Waals surface area contributed by atoms with Crippen molar-refractivity contribution in [2.75, 3.05) is 0 Å². The summed E-state index contributed by atoms with van der Waals surface area (Å²) in [5.74, 6) is 0. The van der Waals surface area contributed by atoms with Gasteiger partial charge in [-0.15, -0.1) is 0 Å². The molecule has 1 aromatic rings. The molecule has 2 heteroatoms. The Morgan fingerprint density at radius 1 is 1.45 bits per heavy atom. The van der Waals surface area contributed by atoms with Crippen LogP contribution in [0.3, 0.4) is 0 Å². The Kier molecular flexibility index (Phi) is 1.39. The SMILES string of the molecule is NC1=CCCc2ncccc21. The average molecular weight is 146 g/mol. The molecule has 0 unspecified atom stereocenters. The lowest BCUT2D eigenvalue weighted by Gasteiger charge is -2.12. The summed E-state index contributed by atoms with van der Waals surface area (Å²) in [6, 6.07) is 3.94. The first-order valence-corrected chi connectivity index (χ1v) is 3.78. The van der Waals surface area contributed by atoms with Crippen LogP contribution in [-0.2, 0) is 6.42 Å². The number of hydrogen-bond donors (Lipinski definition) is 1. The molecule has 0 saturated heterocycles. The van der Waals surface area contributed by atoms with Crippen molar-refractivity contribution < 1.29 is 0 Å². The number of aromatic nitrogens is 1. The standard InChI is InChI=1S/C9H10N2/c10-8-4-1-5-9-7(8)3-2-6-11-9/h2-4,6H,1,5,10H2. The smallest absolute Gasteiger partial charge is 0.0499 e. The Morgan fingerprint density at radius 2 is 2.36 bits per heavy atom. The van der Waals surface area contributed by atoms with Crippen molar-refractivity contribution in [1.29, 1.82) is 0 Å². The molecule has 1 heterocycles. The van der Waals surface area contributed by atoms with Crippen LogP contribution in [0.4, 0.5) is 0 Å². The Morgan fingerprint density at radius 3 is 3.18 bits per heavy atom. The molecular weight excluding hydrogens is 136 g/mol. The van der Waals surface area contributed by atoms with E-state index in [2.05, 4.69) is 11.1 Å². The van der Waals surface area contributed by atoms with Crippen LogP contribution in [-0.4, -0.2) is 4.98 Å². The molecule has 0 aromatic carbocycles. The first-order chi connectivity index (χ1) is 5.38. The molecule has 1 aliphatic carbocycles. The second-order valence-electron chi connectivity index (χ2n) is 2.70. The van der Waals surface area contributed by atoms with Gasteiger partial charge in [-0.25, -0.2) is 0 Å². The highest BCUT2D eigenvalue weighted by molar-refractivity contribution is 5.65. The third-order valence-corrected chi connectivity index (χ3v) is 1.95. The Labute approximate surface area is 65.8 Å². The molecule has 56 valence electrons. The zero-order chi connectivity index (χ0) is 7.68. The van der Waals surface area contributed by atoms with E-state index in [1.165, 1.54) is 0 Å². The number of fused-ring (bicyclic) bond motifs is 1. The fraction of sp³-hybridized carbons (Fsp3) is 0.222. The minimum atomic E-state index is 0.874. The van der Waals surface area contributed by atoms with E-state index in [0.717, 1.165) is 29.8 Å². The van der Waals surface area contributed by atoms with Gasteiger partial charge < -0.3 is 5.73 Å². The summed E-state index contributed by atoms with van der Waals surface area (Å²) in [5.41, 5.74) is 8.88.